The molecular weight excluding hydrogens is 193 g/mol. The molecule has 3 heteroatoms. The van der Waals surface area contributed by atoms with E-state index in [1.54, 1.807) is 6.07 Å². The number of fused-ring (bicyclic) bond motifs is 1. The van der Waals surface area contributed by atoms with E-state index in [-0.39, 0.29) is 5.82 Å². The molecule has 15 heavy (non-hydrogen) atoms. The summed E-state index contributed by atoms with van der Waals surface area (Å²) in [6, 6.07) is 1.79. The maximum Gasteiger partial charge on any atom is 0.168 e. The minimum atomic E-state index is -0.175. The molecule has 0 saturated heterocycles. The molecule has 1 heterocycles. The number of aryl methyl sites for hydroxylation is 1. The van der Waals surface area contributed by atoms with Crippen LogP contribution in [-0.2, 0) is 13.0 Å². The summed E-state index contributed by atoms with van der Waals surface area (Å²) in [4.78, 5) is 2.21. The first-order valence-electron chi connectivity index (χ1n) is 5.17. The second-order valence-corrected chi connectivity index (χ2v) is 4.15. The van der Waals surface area contributed by atoms with Crippen LogP contribution in [0.1, 0.15) is 16.7 Å². The zero-order valence-corrected chi connectivity index (χ0v) is 9.43. The van der Waals surface area contributed by atoms with Crippen LogP contribution in [0.15, 0.2) is 6.07 Å². The van der Waals surface area contributed by atoms with Crippen LogP contribution < -0.4 is 4.74 Å². The lowest BCUT2D eigenvalue weighted by molar-refractivity contribution is 0.304. The summed E-state index contributed by atoms with van der Waals surface area (Å²) in [5, 5.41) is 0. The number of ether oxygens (including phenoxy) is 1. The predicted molar refractivity (Wildman–Crippen MR) is 57.7 cm³/mol. The van der Waals surface area contributed by atoms with Crippen molar-refractivity contribution in [2.24, 2.45) is 0 Å². The van der Waals surface area contributed by atoms with Crippen LogP contribution in [0.5, 0.6) is 5.75 Å². The Labute approximate surface area is 89.7 Å². The third kappa shape index (κ3) is 1.72. The molecule has 2 nitrogen and oxygen atoms in total. The first-order valence-corrected chi connectivity index (χ1v) is 5.17. The highest BCUT2D eigenvalue weighted by Gasteiger charge is 2.21. The minimum absolute atomic E-state index is 0.175. The van der Waals surface area contributed by atoms with Gasteiger partial charge in [-0.25, -0.2) is 4.39 Å². The molecule has 1 aliphatic rings. The first kappa shape index (κ1) is 10.4. The molecule has 0 unspecified atom stereocenters. The van der Waals surface area contributed by atoms with E-state index in [0.717, 1.165) is 36.2 Å². The van der Waals surface area contributed by atoms with E-state index < -0.39 is 0 Å². The highest BCUT2D eigenvalue weighted by Crippen LogP contribution is 2.30. The van der Waals surface area contributed by atoms with Gasteiger partial charge in [-0.2, -0.15) is 0 Å². The van der Waals surface area contributed by atoms with Gasteiger partial charge in [0, 0.05) is 13.1 Å². The van der Waals surface area contributed by atoms with E-state index in [2.05, 4.69) is 11.9 Å². The molecule has 0 aliphatic carbocycles. The van der Waals surface area contributed by atoms with Crippen molar-refractivity contribution in [3.63, 3.8) is 0 Å². The summed E-state index contributed by atoms with van der Waals surface area (Å²) < 4.78 is 18.9. The molecular formula is C12H16FNO. The number of nitrogens with zero attached hydrogens (tertiary/aromatic N) is 1. The second-order valence-electron chi connectivity index (χ2n) is 4.15. The molecule has 0 bridgehead atoms. The smallest absolute Gasteiger partial charge is 0.168 e. The Morgan fingerprint density at radius 2 is 2.13 bits per heavy atom. The van der Waals surface area contributed by atoms with Gasteiger partial charge < -0.3 is 9.64 Å². The van der Waals surface area contributed by atoms with Crippen molar-refractivity contribution in [3.05, 3.63) is 28.6 Å². The average Bonchev–Trinajstić information content (AvgIpc) is 2.23. The van der Waals surface area contributed by atoms with E-state index >= 15 is 0 Å². The van der Waals surface area contributed by atoms with E-state index in [0.29, 0.717) is 5.75 Å². The van der Waals surface area contributed by atoms with Crippen molar-refractivity contribution in [3.8, 4) is 5.75 Å². The van der Waals surface area contributed by atoms with Crippen molar-refractivity contribution in [2.45, 2.75) is 19.9 Å². The molecule has 1 aliphatic heterocycles. The number of hydrogen-bond donors (Lipinski definition) is 0. The Bertz CT molecular complexity index is 390. The average molecular weight is 209 g/mol. The van der Waals surface area contributed by atoms with Gasteiger partial charge in [-0.3, -0.25) is 0 Å². The SMILES string of the molecule is COc1cc(C)c2c(c1F)CCN(C)C2. The summed E-state index contributed by atoms with van der Waals surface area (Å²) >= 11 is 0. The summed E-state index contributed by atoms with van der Waals surface area (Å²) in [6.45, 7) is 3.76. The quantitative estimate of drug-likeness (QED) is 0.702. The van der Waals surface area contributed by atoms with Gasteiger partial charge in [0.2, 0.25) is 0 Å². The van der Waals surface area contributed by atoms with Crippen LogP contribution in [0.3, 0.4) is 0 Å². The lowest BCUT2D eigenvalue weighted by atomic mass is 9.95. The molecule has 0 aromatic heterocycles. The highest BCUT2D eigenvalue weighted by molar-refractivity contribution is 5.44. The largest absolute Gasteiger partial charge is 0.494 e. The molecule has 0 amide bonds. The van der Waals surface area contributed by atoms with Crippen LogP contribution in [0.4, 0.5) is 4.39 Å². The Hall–Kier alpha value is -1.09. The molecule has 0 N–H and O–H groups in total. The first-order chi connectivity index (χ1) is 7.13. The van der Waals surface area contributed by atoms with E-state index in [4.69, 9.17) is 4.74 Å². The van der Waals surface area contributed by atoms with E-state index in [1.807, 2.05) is 6.92 Å². The number of methoxy groups -OCH3 is 1. The van der Waals surface area contributed by atoms with Crippen LogP contribution in [0, 0.1) is 12.7 Å². The Morgan fingerprint density at radius 3 is 2.80 bits per heavy atom. The monoisotopic (exact) mass is 209 g/mol. The summed E-state index contributed by atoms with van der Waals surface area (Å²) in [5.41, 5.74) is 3.08. The number of hydrogen-bond acceptors (Lipinski definition) is 2. The lowest BCUT2D eigenvalue weighted by Gasteiger charge is -2.27. The van der Waals surface area contributed by atoms with Crippen molar-refractivity contribution in [1.82, 2.24) is 4.90 Å². The maximum atomic E-state index is 13.9. The maximum absolute atomic E-state index is 13.9. The highest BCUT2D eigenvalue weighted by atomic mass is 19.1. The number of benzene rings is 1. The van der Waals surface area contributed by atoms with Crippen molar-refractivity contribution in [2.75, 3.05) is 20.7 Å². The summed E-state index contributed by atoms with van der Waals surface area (Å²) in [6.07, 6.45) is 0.774. The van der Waals surface area contributed by atoms with Gasteiger partial charge in [0.05, 0.1) is 7.11 Å². The van der Waals surface area contributed by atoms with E-state index in [9.17, 15) is 4.39 Å². The van der Waals surface area contributed by atoms with Crippen molar-refractivity contribution >= 4 is 0 Å². The van der Waals surface area contributed by atoms with Crippen molar-refractivity contribution in [1.29, 1.82) is 0 Å². The van der Waals surface area contributed by atoms with Crippen molar-refractivity contribution < 1.29 is 9.13 Å². The molecule has 0 radical (unpaired) electrons. The minimum Gasteiger partial charge on any atom is -0.494 e. The summed E-state index contributed by atoms with van der Waals surface area (Å²) in [7, 11) is 3.57. The molecule has 82 valence electrons. The number of halogens is 1. The molecule has 0 atom stereocenters. The van der Waals surface area contributed by atoms with Gasteiger partial charge >= 0.3 is 0 Å². The Morgan fingerprint density at radius 1 is 1.40 bits per heavy atom. The van der Waals surface area contributed by atoms with Gasteiger partial charge in [0.25, 0.3) is 0 Å². The molecule has 2 rings (SSSR count). The fraction of sp³-hybridized carbons (Fsp3) is 0.500. The summed E-state index contributed by atoms with van der Waals surface area (Å²) in [5.74, 6) is 0.196. The van der Waals surface area contributed by atoms with Gasteiger partial charge in [-0.15, -0.1) is 0 Å². The van der Waals surface area contributed by atoms with Crippen LogP contribution in [-0.4, -0.2) is 25.6 Å². The van der Waals surface area contributed by atoms with E-state index in [1.165, 1.54) is 7.11 Å². The molecule has 0 saturated carbocycles. The molecule has 0 spiro atoms. The zero-order chi connectivity index (χ0) is 11.0. The zero-order valence-electron chi connectivity index (χ0n) is 9.43. The van der Waals surface area contributed by atoms with Gasteiger partial charge in [0.1, 0.15) is 0 Å². The third-order valence-electron chi connectivity index (χ3n) is 3.06. The standard InChI is InChI=1S/C12H16FNO/c1-8-6-11(15-3)12(13)9-4-5-14(2)7-10(8)9/h6H,4-5,7H2,1-3H3. The molecule has 0 fully saturated rings. The fourth-order valence-corrected chi connectivity index (χ4v) is 2.15. The van der Waals surface area contributed by atoms with Crippen LogP contribution in [0.2, 0.25) is 0 Å². The van der Waals surface area contributed by atoms with Crippen LogP contribution in [0.25, 0.3) is 0 Å². The molecule has 1 aromatic rings. The third-order valence-corrected chi connectivity index (χ3v) is 3.06. The Balaban J connectivity index is 2.54. The van der Waals surface area contributed by atoms with Gasteiger partial charge in [-0.1, -0.05) is 0 Å². The normalized spacial score (nSPS) is 16.3. The topological polar surface area (TPSA) is 12.5 Å². The van der Waals surface area contributed by atoms with Crippen LogP contribution >= 0.6 is 0 Å². The predicted octanol–water partition coefficient (Wildman–Crippen LogP) is 2.13. The number of likely N-dealkylation sites (N-methyl/N-ethyl adjacent to an activating group) is 1. The van der Waals surface area contributed by atoms with Gasteiger partial charge in [-0.05, 0) is 43.1 Å². The molecule has 1 aromatic carbocycles. The Kier molecular flexibility index (Phi) is 2.65. The van der Waals surface area contributed by atoms with Gasteiger partial charge in [0.15, 0.2) is 11.6 Å². The second kappa shape index (κ2) is 3.81. The number of rotatable bonds is 1. The lowest BCUT2D eigenvalue weighted by Crippen LogP contribution is -2.28. The fourth-order valence-electron chi connectivity index (χ4n) is 2.15.